The van der Waals surface area contributed by atoms with E-state index in [0.29, 0.717) is 6.54 Å². The molecular weight excluding hydrogens is 276 g/mol. The maximum atomic E-state index is 12.2. The maximum absolute atomic E-state index is 12.2. The molecule has 20 heavy (non-hydrogen) atoms. The van der Waals surface area contributed by atoms with Crippen LogP contribution in [-0.2, 0) is 11.2 Å². The second kappa shape index (κ2) is 5.76. The zero-order chi connectivity index (χ0) is 13.9. The van der Waals surface area contributed by atoms with Gasteiger partial charge in [-0.3, -0.25) is 4.79 Å². The number of rotatable bonds is 3. The van der Waals surface area contributed by atoms with Gasteiger partial charge < -0.3 is 14.4 Å². The minimum Gasteiger partial charge on any atom is -0.462 e. The van der Waals surface area contributed by atoms with Crippen molar-refractivity contribution in [2.45, 2.75) is 25.4 Å². The van der Waals surface area contributed by atoms with Crippen molar-refractivity contribution in [1.29, 1.82) is 0 Å². The van der Waals surface area contributed by atoms with E-state index in [2.05, 4.69) is 4.98 Å². The first-order chi connectivity index (χ1) is 9.72. The highest BCUT2D eigenvalue weighted by Crippen LogP contribution is 2.24. The van der Waals surface area contributed by atoms with Gasteiger partial charge in [0.25, 0.3) is 0 Å². The lowest BCUT2D eigenvalue weighted by Crippen LogP contribution is -2.42. The minimum absolute atomic E-state index is 0.0278. The molecule has 3 rings (SSSR count). The first-order valence-corrected chi connectivity index (χ1v) is 7.54. The fourth-order valence-corrected chi connectivity index (χ4v) is 3.14. The van der Waals surface area contributed by atoms with Crippen LogP contribution in [0.25, 0.3) is 10.8 Å². The number of piperidine rings is 1. The summed E-state index contributed by atoms with van der Waals surface area (Å²) >= 11 is 1.47. The van der Waals surface area contributed by atoms with Crippen LogP contribution in [0.3, 0.4) is 0 Å². The highest BCUT2D eigenvalue weighted by molar-refractivity contribution is 7.13. The third kappa shape index (κ3) is 2.91. The quantitative estimate of drug-likeness (QED) is 0.938. The molecule has 0 bridgehead atoms. The Morgan fingerprint density at radius 1 is 1.60 bits per heavy atom. The van der Waals surface area contributed by atoms with Gasteiger partial charge in [-0.05, 0) is 25.0 Å². The molecule has 1 fully saturated rings. The van der Waals surface area contributed by atoms with Crippen LogP contribution in [0.5, 0.6) is 0 Å². The number of thiazole rings is 1. The number of aromatic nitrogens is 1. The Kier molecular flexibility index (Phi) is 3.84. The molecule has 3 heterocycles. The van der Waals surface area contributed by atoms with Gasteiger partial charge in [0.2, 0.25) is 5.91 Å². The molecule has 0 radical (unpaired) electrons. The Hall–Kier alpha value is -1.66. The predicted molar refractivity (Wildman–Crippen MR) is 75.3 cm³/mol. The number of likely N-dealkylation sites (tertiary alicyclic amines) is 1. The summed E-state index contributed by atoms with van der Waals surface area (Å²) < 4.78 is 5.29. The number of amides is 1. The van der Waals surface area contributed by atoms with E-state index in [1.807, 2.05) is 17.5 Å². The van der Waals surface area contributed by atoms with Gasteiger partial charge in [0.05, 0.1) is 24.5 Å². The molecule has 1 saturated heterocycles. The predicted octanol–water partition coefficient (Wildman–Crippen LogP) is 1.93. The van der Waals surface area contributed by atoms with Gasteiger partial charge in [-0.25, -0.2) is 4.98 Å². The molecule has 1 aliphatic heterocycles. The molecule has 1 aliphatic rings. The van der Waals surface area contributed by atoms with Gasteiger partial charge >= 0.3 is 0 Å². The van der Waals surface area contributed by atoms with E-state index < -0.39 is 0 Å². The van der Waals surface area contributed by atoms with Crippen molar-refractivity contribution in [2.75, 3.05) is 13.1 Å². The topological polar surface area (TPSA) is 66.6 Å². The summed E-state index contributed by atoms with van der Waals surface area (Å²) in [5.41, 5.74) is 0.756. The van der Waals surface area contributed by atoms with Gasteiger partial charge in [-0.1, -0.05) is 0 Å². The number of carbonyl (C=O) groups excluding carboxylic acids is 1. The molecule has 5 nitrogen and oxygen atoms in total. The first kappa shape index (κ1) is 13.3. The molecule has 2 aromatic heterocycles. The van der Waals surface area contributed by atoms with Crippen molar-refractivity contribution >= 4 is 17.2 Å². The Morgan fingerprint density at radius 2 is 2.50 bits per heavy atom. The summed E-state index contributed by atoms with van der Waals surface area (Å²) in [5, 5.41) is 12.3. The van der Waals surface area contributed by atoms with Crippen LogP contribution in [0, 0.1) is 0 Å². The summed E-state index contributed by atoms with van der Waals surface area (Å²) in [6.45, 7) is 1.17. The number of furan rings is 1. The molecule has 0 saturated carbocycles. The van der Waals surface area contributed by atoms with E-state index in [0.717, 1.165) is 35.8 Å². The van der Waals surface area contributed by atoms with Crippen LogP contribution in [0.1, 0.15) is 18.5 Å². The van der Waals surface area contributed by atoms with Crippen LogP contribution in [0.2, 0.25) is 0 Å². The van der Waals surface area contributed by atoms with E-state index in [4.69, 9.17) is 4.42 Å². The number of hydrogen-bond donors (Lipinski definition) is 1. The lowest BCUT2D eigenvalue weighted by molar-refractivity contribution is -0.133. The van der Waals surface area contributed by atoms with E-state index in [1.54, 1.807) is 11.2 Å². The van der Waals surface area contributed by atoms with Gasteiger partial charge in [-0.15, -0.1) is 11.3 Å². The second-order valence-electron chi connectivity index (χ2n) is 4.93. The van der Waals surface area contributed by atoms with Crippen LogP contribution in [-0.4, -0.2) is 40.1 Å². The third-order valence-electron chi connectivity index (χ3n) is 3.37. The standard InChI is InChI=1S/C14H16N2O3S/c17-11-3-1-5-16(8-11)13(18)7-10-9-20-14(15-10)12-4-2-6-19-12/h2,4,6,9,11,17H,1,3,5,7-8H2. The Labute approximate surface area is 120 Å². The number of carbonyl (C=O) groups is 1. The largest absolute Gasteiger partial charge is 0.462 e. The molecule has 1 unspecified atom stereocenters. The zero-order valence-electron chi connectivity index (χ0n) is 11.0. The fourth-order valence-electron chi connectivity index (χ4n) is 2.35. The smallest absolute Gasteiger partial charge is 0.228 e. The average Bonchev–Trinajstić information content (AvgIpc) is 3.08. The average molecular weight is 292 g/mol. The van der Waals surface area contributed by atoms with Crippen LogP contribution >= 0.6 is 11.3 Å². The molecule has 106 valence electrons. The zero-order valence-corrected chi connectivity index (χ0v) is 11.8. The fraction of sp³-hybridized carbons (Fsp3) is 0.429. The normalized spacial score (nSPS) is 19.2. The van der Waals surface area contributed by atoms with Crippen LogP contribution in [0.15, 0.2) is 28.2 Å². The molecule has 0 aliphatic carbocycles. The first-order valence-electron chi connectivity index (χ1n) is 6.66. The van der Waals surface area contributed by atoms with E-state index >= 15 is 0 Å². The molecule has 0 aromatic carbocycles. The van der Waals surface area contributed by atoms with Crippen molar-refractivity contribution in [3.05, 3.63) is 29.5 Å². The highest BCUT2D eigenvalue weighted by atomic mass is 32.1. The molecular formula is C14H16N2O3S. The summed E-state index contributed by atoms with van der Waals surface area (Å²) in [6.07, 6.45) is 3.15. The van der Waals surface area contributed by atoms with Gasteiger partial charge in [-0.2, -0.15) is 0 Å². The van der Waals surface area contributed by atoms with Crippen molar-refractivity contribution in [3.63, 3.8) is 0 Å². The molecule has 1 N–H and O–H groups in total. The highest BCUT2D eigenvalue weighted by Gasteiger charge is 2.22. The third-order valence-corrected chi connectivity index (χ3v) is 4.27. The monoisotopic (exact) mass is 292 g/mol. The second-order valence-corrected chi connectivity index (χ2v) is 5.79. The van der Waals surface area contributed by atoms with Gasteiger partial charge in [0, 0.05) is 18.5 Å². The van der Waals surface area contributed by atoms with Gasteiger partial charge in [0.1, 0.15) is 0 Å². The van der Waals surface area contributed by atoms with Crippen LogP contribution < -0.4 is 0 Å². The van der Waals surface area contributed by atoms with Crippen molar-refractivity contribution in [2.24, 2.45) is 0 Å². The summed E-state index contributed by atoms with van der Waals surface area (Å²) in [7, 11) is 0. The number of β-amino-alcohol motifs (C(OH)–C–C–N with tert-alkyl or cyclic N) is 1. The van der Waals surface area contributed by atoms with Crippen molar-refractivity contribution in [3.8, 4) is 10.8 Å². The number of nitrogens with zero attached hydrogens (tertiary/aromatic N) is 2. The number of aliphatic hydroxyl groups excluding tert-OH is 1. The number of aliphatic hydroxyl groups is 1. The molecule has 1 atom stereocenters. The maximum Gasteiger partial charge on any atom is 0.228 e. The lowest BCUT2D eigenvalue weighted by Gasteiger charge is -2.29. The van der Waals surface area contributed by atoms with Crippen molar-refractivity contribution in [1.82, 2.24) is 9.88 Å². The summed E-state index contributed by atoms with van der Waals surface area (Å²) in [4.78, 5) is 18.3. The van der Waals surface area contributed by atoms with E-state index in [1.165, 1.54) is 11.3 Å². The van der Waals surface area contributed by atoms with Crippen molar-refractivity contribution < 1.29 is 14.3 Å². The summed E-state index contributed by atoms with van der Waals surface area (Å²) in [6, 6.07) is 3.67. The lowest BCUT2D eigenvalue weighted by atomic mass is 10.1. The van der Waals surface area contributed by atoms with E-state index in [-0.39, 0.29) is 18.4 Å². The van der Waals surface area contributed by atoms with E-state index in [9.17, 15) is 9.90 Å². The molecule has 1 amide bonds. The SMILES string of the molecule is O=C(Cc1csc(-c2ccco2)n1)N1CCCC(O)C1. The number of hydrogen-bond acceptors (Lipinski definition) is 5. The Balaban J connectivity index is 1.64. The Bertz CT molecular complexity index is 579. The summed E-state index contributed by atoms with van der Waals surface area (Å²) in [5.74, 6) is 0.752. The molecule has 2 aromatic rings. The Morgan fingerprint density at radius 3 is 3.25 bits per heavy atom. The van der Waals surface area contributed by atoms with Gasteiger partial charge in [0.15, 0.2) is 10.8 Å². The van der Waals surface area contributed by atoms with Crippen LogP contribution in [0.4, 0.5) is 0 Å². The molecule has 0 spiro atoms. The molecule has 6 heteroatoms. The minimum atomic E-state index is -0.387.